The van der Waals surface area contributed by atoms with E-state index in [4.69, 9.17) is 0 Å². The highest BCUT2D eigenvalue weighted by molar-refractivity contribution is 6.08. The average Bonchev–Trinajstić information content (AvgIpc) is 2.61. The van der Waals surface area contributed by atoms with Gasteiger partial charge in [-0.3, -0.25) is 9.78 Å². The molecule has 1 N–H and O–H groups in total. The molecule has 3 nitrogen and oxygen atoms in total. The summed E-state index contributed by atoms with van der Waals surface area (Å²) in [4.78, 5) is 16.3. The molecule has 0 radical (unpaired) electrons. The molecule has 26 heavy (non-hydrogen) atoms. The summed E-state index contributed by atoms with van der Waals surface area (Å²) < 4.78 is 37.9. The fourth-order valence-corrected chi connectivity index (χ4v) is 2.60. The first-order valence-corrected chi connectivity index (χ1v) is 7.84. The molecule has 0 aliphatic rings. The third-order valence-corrected chi connectivity index (χ3v) is 3.95. The quantitative estimate of drug-likeness (QED) is 0.648. The maximum atomic E-state index is 12.6. The van der Waals surface area contributed by atoms with Gasteiger partial charge in [0.2, 0.25) is 5.91 Å². The van der Waals surface area contributed by atoms with Crippen molar-refractivity contribution < 1.29 is 18.0 Å². The molecule has 3 aromatic rings. The molecule has 0 saturated heterocycles. The van der Waals surface area contributed by atoms with Gasteiger partial charge in [0.15, 0.2) is 0 Å². The van der Waals surface area contributed by atoms with Gasteiger partial charge in [0, 0.05) is 34.9 Å². The van der Waals surface area contributed by atoms with Crippen LogP contribution in [0.2, 0.25) is 0 Å². The molecule has 0 spiro atoms. The summed E-state index contributed by atoms with van der Waals surface area (Å²) in [6, 6.07) is 12.0. The zero-order valence-corrected chi connectivity index (χ0v) is 13.8. The predicted molar refractivity (Wildman–Crippen MR) is 95.5 cm³/mol. The first-order chi connectivity index (χ1) is 12.3. The summed E-state index contributed by atoms with van der Waals surface area (Å²) in [5, 5.41) is 4.55. The number of hydrogen-bond acceptors (Lipinski definition) is 2. The number of amides is 1. The van der Waals surface area contributed by atoms with Crippen LogP contribution in [0.5, 0.6) is 0 Å². The molecule has 0 saturated carbocycles. The molecular weight excluding hydrogens is 341 g/mol. The van der Waals surface area contributed by atoms with Crippen LogP contribution in [0, 0.1) is 0 Å². The first-order valence-electron chi connectivity index (χ1n) is 7.84. The van der Waals surface area contributed by atoms with E-state index in [0.29, 0.717) is 16.8 Å². The van der Waals surface area contributed by atoms with E-state index in [-0.39, 0.29) is 5.91 Å². The number of aromatic nitrogens is 1. The van der Waals surface area contributed by atoms with Crippen LogP contribution in [-0.4, -0.2) is 10.9 Å². The minimum atomic E-state index is -4.38. The number of carbonyl (C=O) groups is 1. The highest BCUT2D eigenvalue weighted by atomic mass is 19.4. The fourth-order valence-electron chi connectivity index (χ4n) is 2.60. The van der Waals surface area contributed by atoms with Crippen molar-refractivity contribution in [2.45, 2.75) is 13.1 Å². The Bertz CT molecular complexity index is 971. The first kappa shape index (κ1) is 17.7. The Morgan fingerprint density at radius 1 is 1.08 bits per heavy atom. The lowest BCUT2D eigenvalue weighted by atomic mass is 10.0. The van der Waals surface area contributed by atoms with Gasteiger partial charge >= 0.3 is 6.18 Å². The number of allylic oxidation sites excluding steroid dienone is 1. The number of hydrogen-bond donors (Lipinski definition) is 1. The normalized spacial score (nSPS) is 12.2. The Morgan fingerprint density at radius 3 is 2.50 bits per heavy atom. The smallest absolute Gasteiger partial charge is 0.322 e. The molecule has 1 heterocycles. The van der Waals surface area contributed by atoms with E-state index in [0.717, 1.165) is 22.9 Å². The molecule has 132 valence electrons. The van der Waals surface area contributed by atoms with E-state index in [9.17, 15) is 18.0 Å². The number of fused-ring (bicyclic) bond motifs is 1. The molecule has 2 aromatic carbocycles. The number of halogens is 3. The fraction of sp³-hybridized carbons (Fsp3) is 0.100. The van der Waals surface area contributed by atoms with Crippen LogP contribution in [0.3, 0.4) is 0 Å². The number of alkyl halides is 3. The second-order valence-corrected chi connectivity index (χ2v) is 5.79. The minimum absolute atomic E-state index is 0.355. The Hall–Kier alpha value is -3.15. The number of nitrogens with one attached hydrogen (secondary N) is 1. The summed E-state index contributed by atoms with van der Waals surface area (Å²) in [7, 11) is 0. The predicted octanol–water partition coefficient (Wildman–Crippen LogP) is 5.30. The summed E-state index contributed by atoms with van der Waals surface area (Å²) in [6.07, 6.45) is 0.328. The van der Waals surface area contributed by atoms with Gasteiger partial charge in [-0.2, -0.15) is 13.2 Å². The molecule has 0 bridgehead atoms. The molecule has 0 unspecified atom stereocenters. The number of rotatable bonds is 3. The second-order valence-electron chi connectivity index (χ2n) is 5.79. The van der Waals surface area contributed by atoms with E-state index < -0.39 is 11.7 Å². The van der Waals surface area contributed by atoms with Crippen molar-refractivity contribution in [3.8, 4) is 0 Å². The maximum Gasteiger partial charge on any atom is 0.416 e. The molecule has 6 heteroatoms. The number of pyridine rings is 1. The lowest BCUT2D eigenvalue weighted by Gasteiger charge is -2.09. The summed E-state index contributed by atoms with van der Waals surface area (Å²) >= 11 is 0. The molecule has 0 fully saturated rings. The van der Waals surface area contributed by atoms with E-state index in [1.807, 2.05) is 12.1 Å². The minimum Gasteiger partial charge on any atom is -0.322 e. The van der Waals surface area contributed by atoms with Crippen molar-refractivity contribution in [1.29, 1.82) is 0 Å². The summed E-state index contributed by atoms with van der Waals surface area (Å²) in [5.74, 6) is -0.355. The molecule has 0 aliphatic carbocycles. The maximum absolute atomic E-state index is 12.6. The van der Waals surface area contributed by atoms with Crippen LogP contribution in [0.1, 0.15) is 18.1 Å². The van der Waals surface area contributed by atoms with Crippen molar-refractivity contribution >= 4 is 27.9 Å². The number of benzene rings is 2. The van der Waals surface area contributed by atoms with Gasteiger partial charge in [0.05, 0.1) is 5.56 Å². The zero-order valence-electron chi connectivity index (χ0n) is 13.8. The van der Waals surface area contributed by atoms with Gasteiger partial charge in [0.1, 0.15) is 0 Å². The van der Waals surface area contributed by atoms with Gasteiger partial charge in [-0.15, -0.1) is 0 Å². The Kier molecular flexibility index (Phi) is 4.75. The number of anilines is 1. The van der Waals surface area contributed by atoms with E-state index in [1.165, 1.54) is 18.2 Å². The zero-order chi connectivity index (χ0) is 18.7. The third-order valence-electron chi connectivity index (χ3n) is 3.95. The monoisotopic (exact) mass is 356 g/mol. The highest BCUT2D eigenvalue weighted by Crippen LogP contribution is 2.30. The molecule has 3 rings (SSSR count). The van der Waals surface area contributed by atoms with Gasteiger partial charge in [-0.25, -0.2) is 0 Å². The second kappa shape index (κ2) is 7.00. The Balaban J connectivity index is 1.79. The largest absolute Gasteiger partial charge is 0.416 e. The molecular formula is C20H15F3N2O. The van der Waals surface area contributed by atoms with Gasteiger partial charge in [-0.05, 0) is 42.3 Å². The van der Waals surface area contributed by atoms with E-state index >= 15 is 0 Å². The van der Waals surface area contributed by atoms with E-state index in [2.05, 4.69) is 10.3 Å². The van der Waals surface area contributed by atoms with Crippen molar-refractivity contribution in [2.75, 3.05) is 5.32 Å². The van der Waals surface area contributed by atoms with Crippen LogP contribution in [0.15, 0.2) is 67.0 Å². The van der Waals surface area contributed by atoms with Crippen molar-refractivity contribution in [1.82, 2.24) is 4.98 Å². The SMILES string of the molecule is CC(=CC(=O)Nc1cccc2cnccc12)c1ccc(C(F)(F)F)cc1. The van der Waals surface area contributed by atoms with Crippen LogP contribution in [-0.2, 0) is 11.0 Å². The average molecular weight is 356 g/mol. The molecule has 0 atom stereocenters. The highest BCUT2D eigenvalue weighted by Gasteiger charge is 2.29. The number of nitrogens with zero attached hydrogens (tertiary/aromatic N) is 1. The van der Waals surface area contributed by atoms with Crippen molar-refractivity contribution in [3.63, 3.8) is 0 Å². The van der Waals surface area contributed by atoms with Crippen molar-refractivity contribution in [2.24, 2.45) is 0 Å². The van der Waals surface area contributed by atoms with Crippen LogP contribution < -0.4 is 5.32 Å². The summed E-state index contributed by atoms with van der Waals surface area (Å²) in [5.41, 5.74) is 1.04. The van der Waals surface area contributed by atoms with Gasteiger partial charge < -0.3 is 5.32 Å². The molecule has 1 aromatic heterocycles. The van der Waals surface area contributed by atoms with E-state index in [1.54, 1.807) is 31.5 Å². The Labute approximate surface area is 148 Å². The standard InChI is InChI=1S/C20H15F3N2O/c1-13(14-5-7-16(8-6-14)20(21,22)23)11-19(26)25-18-4-2-3-15-12-24-10-9-17(15)18/h2-12H,1H3,(H,25,26). The van der Waals surface area contributed by atoms with Gasteiger partial charge in [-0.1, -0.05) is 24.3 Å². The van der Waals surface area contributed by atoms with Crippen LogP contribution in [0.25, 0.3) is 16.3 Å². The van der Waals surface area contributed by atoms with Crippen LogP contribution >= 0.6 is 0 Å². The van der Waals surface area contributed by atoms with Gasteiger partial charge in [0.25, 0.3) is 0 Å². The molecule has 0 aliphatic heterocycles. The topological polar surface area (TPSA) is 42.0 Å². The van der Waals surface area contributed by atoms with Crippen molar-refractivity contribution in [3.05, 3.63) is 78.1 Å². The lowest BCUT2D eigenvalue weighted by molar-refractivity contribution is -0.137. The number of carbonyl (C=O) groups excluding carboxylic acids is 1. The van der Waals surface area contributed by atoms with Crippen LogP contribution in [0.4, 0.5) is 18.9 Å². The Morgan fingerprint density at radius 2 is 1.81 bits per heavy atom. The lowest BCUT2D eigenvalue weighted by Crippen LogP contribution is -2.09. The summed E-state index contributed by atoms with van der Waals surface area (Å²) in [6.45, 7) is 1.68. The third kappa shape index (κ3) is 3.91. The molecule has 1 amide bonds.